The first-order valence-electron chi connectivity index (χ1n) is 6.98. The Kier molecular flexibility index (Phi) is 4.88. The van der Waals surface area contributed by atoms with Crippen molar-refractivity contribution in [3.05, 3.63) is 28.0 Å². The molecule has 0 aliphatic carbocycles. The zero-order valence-electron chi connectivity index (χ0n) is 12.9. The summed E-state index contributed by atoms with van der Waals surface area (Å²) in [6.07, 6.45) is 1.24. The molecule has 0 bridgehead atoms. The van der Waals surface area contributed by atoms with Crippen molar-refractivity contribution in [2.75, 3.05) is 19.7 Å². The van der Waals surface area contributed by atoms with Crippen LogP contribution in [-0.2, 0) is 9.47 Å². The number of hydrogen-bond donors (Lipinski definition) is 0. The van der Waals surface area contributed by atoms with Gasteiger partial charge in [-0.25, -0.2) is 4.79 Å². The molecule has 0 N–H and O–H groups in total. The van der Waals surface area contributed by atoms with Crippen molar-refractivity contribution in [2.45, 2.75) is 39.4 Å². The Hall–Kier alpha value is -1.14. The standard InChI is InChI=1S/C15H21BrN2O3/c1-10-7-11(16)8-17-13(10)12-9-18(5-6-20-12)14(19)21-15(2,3)4/h7-8,12H,5-6,9H2,1-4H3. The van der Waals surface area contributed by atoms with Gasteiger partial charge in [-0.2, -0.15) is 0 Å². The van der Waals surface area contributed by atoms with Crippen molar-refractivity contribution in [1.29, 1.82) is 0 Å². The molecule has 6 heteroatoms. The zero-order valence-corrected chi connectivity index (χ0v) is 14.4. The minimum Gasteiger partial charge on any atom is -0.444 e. The first-order chi connectivity index (χ1) is 9.76. The predicted octanol–water partition coefficient (Wildman–Crippen LogP) is 3.46. The van der Waals surface area contributed by atoms with Crippen molar-refractivity contribution in [1.82, 2.24) is 9.88 Å². The van der Waals surface area contributed by atoms with Crippen LogP contribution in [0.1, 0.15) is 38.1 Å². The summed E-state index contributed by atoms with van der Waals surface area (Å²) < 4.78 is 12.1. The highest BCUT2D eigenvalue weighted by Gasteiger charge is 2.30. The number of aryl methyl sites for hydroxylation is 1. The van der Waals surface area contributed by atoms with E-state index in [0.717, 1.165) is 15.7 Å². The second-order valence-corrected chi connectivity index (χ2v) is 7.06. The maximum absolute atomic E-state index is 12.1. The summed E-state index contributed by atoms with van der Waals surface area (Å²) in [5.74, 6) is 0. The lowest BCUT2D eigenvalue weighted by atomic mass is 10.1. The molecule has 1 aliphatic heterocycles. The molecule has 116 valence electrons. The van der Waals surface area contributed by atoms with E-state index in [4.69, 9.17) is 9.47 Å². The fourth-order valence-electron chi connectivity index (χ4n) is 2.20. The molecule has 0 saturated carbocycles. The molecule has 2 heterocycles. The largest absolute Gasteiger partial charge is 0.444 e. The lowest BCUT2D eigenvalue weighted by molar-refractivity contribution is -0.0449. The van der Waals surface area contributed by atoms with Crippen LogP contribution in [0.2, 0.25) is 0 Å². The molecular weight excluding hydrogens is 336 g/mol. The number of carbonyl (C=O) groups excluding carboxylic acids is 1. The number of morpholine rings is 1. The third kappa shape index (κ3) is 4.41. The summed E-state index contributed by atoms with van der Waals surface area (Å²) in [7, 11) is 0. The maximum Gasteiger partial charge on any atom is 0.410 e. The molecule has 1 amide bonds. The van der Waals surface area contributed by atoms with Gasteiger partial charge in [0.2, 0.25) is 0 Å². The number of amides is 1. The van der Waals surface area contributed by atoms with Crippen LogP contribution in [0.5, 0.6) is 0 Å². The molecule has 1 aromatic heterocycles. The number of halogens is 1. The summed E-state index contributed by atoms with van der Waals surface area (Å²) in [6, 6.07) is 2.00. The van der Waals surface area contributed by atoms with Crippen LogP contribution in [0.25, 0.3) is 0 Å². The van der Waals surface area contributed by atoms with E-state index in [-0.39, 0.29) is 12.2 Å². The number of pyridine rings is 1. The average molecular weight is 357 g/mol. The summed E-state index contributed by atoms with van der Waals surface area (Å²) >= 11 is 3.40. The van der Waals surface area contributed by atoms with E-state index in [1.807, 2.05) is 33.8 Å². The highest BCUT2D eigenvalue weighted by Crippen LogP contribution is 2.26. The van der Waals surface area contributed by atoms with Gasteiger partial charge in [-0.05, 0) is 55.3 Å². The number of hydrogen-bond acceptors (Lipinski definition) is 4. The average Bonchev–Trinajstić information content (AvgIpc) is 2.37. The van der Waals surface area contributed by atoms with Crippen molar-refractivity contribution in [2.24, 2.45) is 0 Å². The van der Waals surface area contributed by atoms with E-state index >= 15 is 0 Å². The Balaban J connectivity index is 2.08. The number of carbonyl (C=O) groups is 1. The van der Waals surface area contributed by atoms with Gasteiger partial charge in [0.05, 0.1) is 18.8 Å². The van der Waals surface area contributed by atoms with Crippen LogP contribution >= 0.6 is 15.9 Å². The van der Waals surface area contributed by atoms with Crippen LogP contribution in [-0.4, -0.2) is 41.3 Å². The number of nitrogens with zero attached hydrogens (tertiary/aromatic N) is 2. The van der Waals surface area contributed by atoms with Gasteiger partial charge < -0.3 is 14.4 Å². The first kappa shape index (κ1) is 16.2. The van der Waals surface area contributed by atoms with Crippen LogP contribution in [0, 0.1) is 6.92 Å². The van der Waals surface area contributed by atoms with Gasteiger partial charge in [-0.1, -0.05) is 0 Å². The summed E-state index contributed by atoms with van der Waals surface area (Å²) in [4.78, 5) is 18.3. The predicted molar refractivity (Wildman–Crippen MR) is 83.2 cm³/mol. The van der Waals surface area contributed by atoms with E-state index in [9.17, 15) is 4.79 Å². The van der Waals surface area contributed by atoms with Gasteiger partial charge in [-0.3, -0.25) is 4.98 Å². The first-order valence-corrected chi connectivity index (χ1v) is 7.77. The highest BCUT2D eigenvalue weighted by atomic mass is 79.9. The molecular formula is C15H21BrN2O3. The minimum atomic E-state index is -0.489. The molecule has 1 aliphatic rings. The molecule has 0 aromatic carbocycles. The van der Waals surface area contributed by atoms with E-state index in [1.54, 1.807) is 11.1 Å². The van der Waals surface area contributed by atoms with Crippen molar-refractivity contribution < 1.29 is 14.3 Å². The van der Waals surface area contributed by atoms with Gasteiger partial charge >= 0.3 is 6.09 Å². The Morgan fingerprint density at radius 3 is 2.86 bits per heavy atom. The molecule has 5 nitrogen and oxygen atoms in total. The van der Waals surface area contributed by atoms with Gasteiger partial charge in [0.25, 0.3) is 0 Å². The second kappa shape index (κ2) is 6.32. The van der Waals surface area contributed by atoms with Gasteiger partial charge in [-0.15, -0.1) is 0 Å². The Morgan fingerprint density at radius 1 is 1.52 bits per heavy atom. The van der Waals surface area contributed by atoms with E-state index in [1.165, 1.54) is 0 Å². The Bertz CT molecular complexity index is 528. The van der Waals surface area contributed by atoms with Crippen LogP contribution < -0.4 is 0 Å². The van der Waals surface area contributed by atoms with Gasteiger partial charge in [0, 0.05) is 17.2 Å². The highest BCUT2D eigenvalue weighted by molar-refractivity contribution is 9.10. The summed E-state index contributed by atoms with van der Waals surface area (Å²) in [5, 5.41) is 0. The fourth-order valence-corrected chi connectivity index (χ4v) is 2.64. The van der Waals surface area contributed by atoms with Crippen LogP contribution in [0.4, 0.5) is 4.79 Å². The minimum absolute atomic E-state index is 0.209. The molecule has 1 atom stereocenters. The molecule has 0 spiro atoms. The second-order valence-electron chi connectivity index (χ2n) is 6.14. The van der Waals surface area contributed by atoms with Crippen molar-refractivity contribution >= 4 is 22.0 Å². The Labute approximate surface area is 133 Å². The fraction of sp³-hybridized carbons (Fsp3) is 0.600. The summed E-state index contributed by atoms with van der Waals surface area (Å²) in [6.45, 7) is 9.07. The van der Waals surface area contributed by atoms with E-state index in [0.29, 0.717) is 19.7 Å². The zero-order chi connectivity index (χ0) is 15.6. The van der Waals surface area contributed by atoms with Gasteiger partial charge in [0.15, 0.2) is 0 Å². The molecule has 2 rings (SSSR count). The van der Waals surface area contributed by atoms with Crippen LogP contribution in [0.15, 0.2) is 16.7 Å². The Morgan fingerprint density at radius 2 is 2.24 bits per heavy atom. The molecule has 1 aromatic rings. The third-order valence-corrected chi connectivity index (χ3v) is 3.54. The number of aromatic nitrogens is 1. The van der Waals surface area contributed by atoms with Gasteiger partial charge in [0.1, 0.15) is 11.7 Å². The molecule has 1 unspecified atom stereocenters. The monoisotopic (exact) mass is 356 g/mol. The number of rotatable bonds is 1. The normalized spacial score (nSPS) is 19.5. The summed E-state index contributed by atoms with van der Waals surface area (Å²) in [5.41, 5.74) is 1.42. The third-order valence-electron chi connectivity index (χ3n) is 3.11. The SMILES string of the molecule is Cc1cc(Br)cnc1C1CN(C(=O)OC(C)(C)C)CCO1. The van der Waals surface area contributed by atoms with E-state index in [2.05, 4.69) is 20.9 Å². The van der Waals surface area contributed by atoms with E-state index < -0.39 is 5.60 Å². The molecule has 21 heavy (non-hydrogen) atoms. The number of ether oxygens (including phenoxy) is 2. The molecule has 1 saturated heterocycles. The lowest BCUT2D eigenvalue weighted by Crippen LogP contribution is -2.45. The van der Waals surface area contributed by atoms with Crippen molar-refractivity contribution in [3.63, 3.8) is 0 Å². The molecule has 1 fully saturated rings. The smallest absolute Gasteiger partial charge is 0.410 e. The quantitative estimate of drug-likeness (QED) is 0.772. The molecule has 0 radical (unpaired) electrons. The maximum atomic E-state index is 12.1. The topological polar surface area (TPSA) is 51.7 Å². The van der Waals surface area contributed by atoms with Crippen LogP contribution in [0.3, 0.4) is 0 Å². The van der Waals surface area contributed by atoms with Crippen molar-refractivity contribution in [3.8, 4) is 0 Å². The lowest BCUT2D eigenvalue weighted by Gasteiger charge is -2.34.